The standard InChI is InChI=1S/C29H28NO4P/c1-18-16-21-8-4-6-10-23(21)25-26-24-11-7-5-9-22(24)17-19(2)28(26)34-35(33-27(18)25)30-14-12-20(13-15-30)29(31)32-3/h4-11,16-17,20H,12-15H2,1-3H3. The molecule has 1 aliphatic heterocycles. The van der Waals surface area contributed by atoms with Crippen LogP contribution in [0.3, 0.4) is 0 Å². The summed E-state index contributed by atoms with van der Waals surface area (Å²) in [6, 6.07) is 21.4. The highest BCUT2D eigenvalue weighted by Gasteiger charge is 2.29. The first-order valence-corrected chi connectivity index (χ1v) is 13.2. The minimum absolute atomic E-state index is 0.0610. The molecule has 5 aromatic rings. The van der Waals surface area contributed by atoms with E-state index in [1.165, 1.54) is 17.9 Å². The van der Waals surface area contributed by atoms with E-state index in [1.54, 1.807) is 0 Å². The number of piperidine rings is 1. The first-order chi connectivity index (χ1) is 17.0. The molecule has 1 aliphatic rings. The molecule has 1 aromatic heterocycles. The molecule has 0 atom stereocenters. The molecule has 0 amide bonds. The van der Waals surface area contributed by atoms with Gasteiger partial charge in [0.1, 0.15) is 11.2 Å². The second-order valence-corrected chi connectivity index (χ2v) is 10.8. The van der Waals surface area contributed by atoms with Crippen molar-refractivity contribution in [3.8, 4) is 0 Å². The second kappa shape index (κ2) is 8.75. The Morgan fingerprint density at radius 3 is 1.83 bits per heavy atom. The number of esters is 1. The van der Waals surface area contributed by atoms with E-state index in [-0.39, 0.29) is 11.9 Å². The Morgan fingerprint density at radius 2 is 1.34 bits per heavy atom. The van der Waals surface area contributed by atoms with Gasteiger partial charge in [0.25, 0.3) is 0 Å². The lowest BCUT2D eigenvalue weighted by Gasteiger charge is -2.27. The topological polar surface area (TPSA) is 55.8 Å². The third-order valence-electron chi connectivity index (χ3n) is 7.20. The van der Waals surface area contributed by atoms with E-state index >= 15 is 0 Å². The van der Waals surface area contributed by atoms with Crippen molar-refractivity contribution in [2.75, 3.05) is 24.9 Å². The maximum absolute atomic E-state index is 12.1. The first-order valence-electron chi connectivity index (χ1n) is 12.1. The normalized spacial score (nSPS) is 15.3. The lowest BCUT2D eigenvalue weighted by Crippen LogP contribution is -2.34. The lowest BCUT2D eigenvalue weighted by molar-refractivity contribution is -0.146. The van der Waals surface area contributed by atoms with E-state index in [2.05, 4.69) is 79.2 Å². The Hall–Kier alpha value is -3.27. The van der Waals surface area contributed by atoms with E-state index in [1.807, 2.05) is 0 Å². The van der Waals surface area contributed by atoms with E-state index in [0.717, 1.165) is 69.8 Å². The fourth-order valence-corrected chi connectivity index (χ4v) is 7.00. The summed E-state index contributed by atoms with van der Waals surface area (Å²) in [6.07, 6.45) is 1.48. The zero-order valence-electron chi connectivity index (χ0n) is 20.2. The summed E-state index contributed by atoms with van der Waals surface area (Å²) in [4.78, 5) is 12.1. The van der Waals surface area contributed by atoms with Crippen LogP contribution in [0.2, 0.25) is 0 Å². The number of hydrogen-bond acceptors (Lipinski definition) is 5. The molecule has 4 aromatic carbocycles. The Balaban J connectivity index is 1.70. The summed E-state index contributed by atoms with van der Waals surface area (Å²) in [5.41, 5.74) is 3.97. The van der Waals surface area contributed by atoms with Gasteiger partial charge in [-0.25, -0.2) is 4.67 Å². The molecule has 1 fully saturated rings. The molecule has 1 saturated heterocycles. The Bertz CT molecular complexity index is 1540. The van der Waals surface area contributed by atoms with Crippen LogP contribution in [0.15, 0.2) is 69.1 Å². The molecule has 0 bridgehead atoms. The van der Waals surface area contributed by atoms with Crippen LogP contribution in [0.1, 0.15) is 24.0 Å². The number of fused-ring (bicyclic) bond motifs is 7. The molecule has 0 unspecified atom stereocenters. The van der Waals surface area contributed by atoms with Crippen LogP contribution in [0, 0.1) is 19.8 Å². The molecule has 6 heteroatoms. The molecular weight excluding hydrogens is 457 g/mol. The van der Waals surface area contributed by atoms with E-state index in [0.29, 0.717) is 0 Å². The smallest absolute Gasteiger partial charge is 0.309 e. The number of hydrogen-bond donors (Lipinski definition) is 0. The molecule has 5 nitrogen and oxygen atoms in total. The van der Waals surface area contributed by atoms with Crippen molar-refractivity contribution in [3.63, 3.8) is 0 Å². The third-order valence-corrected chi connectivity index (χ3v) is 8.74. The van der Waals surface area contributed by atoms with Crippen molar-refractivity contribution in [1.82, 2.24) is 0 Å². The average Bonchev–Trinajstić information content (AvgIpc) is 3.07. The summed E-state index contributed by atoms with van der Waals surface area (Å²) in [5, 5.41) is 6.91. The van der Waals surface area contributed by atoms with Gasteiger partial charge in [-0.3, -0.25) is 4.79 Å². The van der Waals surface area contributed by atoms with Gasteiger partial charge in [0.2, 0.25) is 0 Å². The minimum atomic E-state index is -1.39. The number of nitrogens with zero attached hydrogens (tertiary/aromatic N) is 1. The monoisotopic (exact) mass is 485 g/mol. The van der Waals surface area contributed by atoms with Crippen molar-refractivity contribution in [1.29, 1.82) is 0 Å². The third kappa shape index (κ3) is 3.71. The highest BCUT2D eigenvalue weighted by molar-refractivity contribution is 7.39. The number of benzene rings is 4. The van der Waals surface area contributed by atoms with Crippen LogP contribution in [0.25, 0.3) is 43.5 Å². The predicted octanol–water partition coefficient (Wildman–Crippen LogP) is 7.73. The molecule has 35 heavy (non-hydrogen) atoms. The van der Waals surface area contributed by atoms with Gasteiger partial charge in [0.15, 0.2) is 0 Å². The molecule has 0 radical (unpaired) electrons. The molecule has 2 heterocycles. The van der Waals surface area contributed by atoms with Crippen LogP contribution in [-0.2, 0) is 9.53 Å². The number of rotatable bonds is 2. The average molecular weight is 486 g/mol. The van der Waals surface area contributed by atoms with E-state index < -0.39 is 8.16 Å². The van der Waals surface area contributed by atoms with Crippen LogP contribution >= 0.6 is 8.16 Å². The van der Waals surface area contributed by atoms with Crippen molar-refractivity contribution < 1.29 is 17.9 Å². The van der Waals surface area contributed by atoms with Crippen molar-refractivity contribution in [3.05, 3.63) is 71.8 Å². The Labute approximate surface area is 204 Å². The zero-order chi connectivity index (χ0) is 24.1. The predicted molar refractivity (Wildman–Crippen MR) is 143 cm³/mol. The number of carbonyl (C=O) groups is 1. The molecular formula is C29H28NO4P. The summed E-state index contributed by atoms with van der Waals surface area (Å²) < 4.78 is 20.8. The van der Waals surface area contributed by atoms with Crippen LogP contribution in [0.4, 0.5) is 0 Å². The van der Waals surface area contributed by atoms with Crippen molar-refractivity contribution in [2.45, 2.75) is 26.7 Å². The zero-order valence-corrected chi connectivity index (χ0v) is 21.1. The van der Waals surface area contributed by atoms with Gasteiger partial charge in [-0.15, -0.1) is 0 Å². The largest absolute Gasteiger partial charge is 0.469 e. The summed E-state index contributed by atoms with van der Waals surface area (Å²) in [7, 11) is 0.0684. The molecule has 178 valence electrons. The van der Waals surface area contributed by atoms with Gasteiger partial charge in [-0.2, -0.15) is 0 Å². The molecule has 6 rings (SSSR count). The van der Waals surface area contributed by atoms with Gasteiger partial charge >= 0.3 is 14.1 Å². The van der Waals surface area contributed by atoms with E-state index in [9.17, 15) is 4.79 Å². The van der Waals surface area contributed by atoms with Crippen LogP contribution in [-0.4, -0.2) is 26.2 Å². The number of methoxy groups -OCH3 is 1. The fraction of sp³-hybridized carbons (Fsp3) is 0.276. The SMILES string of the molecule is COC(=O)C1CCN(p2oc3c(C)cc4ccccc4c3c3c(o2)c(C)cc2ccccc23)CC1. The quantitative estimate of drug-likeness (QED) is 0.240. The molecule has 0 aliphatic carbocycles. The Kier molecular flexibility index (Phi) is 5.55. The fourth-order valence-electron chi connectivity index (χ4n) is 5.39. The van der Waals surface area contributed by atoms with Crippen LogP contribution in [0.5, 0.6) is 0 Å². The van der Waals surface area contributed by atoms with Gasteiger partial charge in [-0.1, -0.05) is 48.5 Å². The summed E-state index contributed by atoms with van der Waals surface area (Å²) >= 11 is 0. The summed E-state index contributed by atoms with van der Waals surface area (Å²) in [6.45, 7) is 5.70. The molecule has 0 spiro atoms. The number of ether oxygens (including phenoxy) is 1. The van der Waals surface area contributed by atoms with E-state index in [4.69, 9.17) is 13.1 Å². The number of aryl methyl sites for hydroxylation is 2. The van der Waals surface area contributed by atoms with Crippen LogP contribution < -0.4 is 4.67 Å². The second-order valence-electron chi connectivity index (χ2n) is 9.41. The van der Waals surface area contributed by atoms with Gasteiger partial charge in [-0.05, 0) is 71.5 Å². The summed E-state index contributed by atoms with van der Waals surface area (Å²) in [5.74, 6) is -0.186. The van der Waals surface area contributed by atoms with Crippen molar-refractivity contribution >= 4 is 57.6 Å². The maximum atomic E-state index is 12.1. The van der Waals surface area contributed by atoms with Gasteiger partial charge < -0.3 is 13.1 Å². The first kappa shape index (κ1) is 22.2. The maximum Gasteiger partial charge on any atom is 0.309 e. The highest BCUT2D eigenvalue weighted by atomic mass is 31.1. The molecule has 0 saturated carbocycles. The van der Waals surface area contributed by atoms with Gasteiger partial charge in [0, 0.05) is 23.9 Å². The lowest BCUT2D eigenvalue weighted by atomic mass is 9.95. The molecule has 0 N–H and O–H groups in total. The highest BCUT2D eigenvalue weighted by Crippen LogP contribution is 2.44. The minimum Gasteiger partial charge on any atom is -0.469 e. The van der Waals surface area contributed by atoms with Crippen molar-refractivity contribution in [2.24, 2.45) is 5.92 Å². The van der Waals surface area contributed by atoms with Gasteiger partial charge in [0.05, 0.1) is 13.0 Å². The Morgan fingerprint density at radius 1 is 0.857 bits per heavy atom. The number of carbonyl (C=O) groups excluding carboxylic acids is 1.